The number of amides is 1. The Hall–Kier alpha value is -1.40. The number of aromatic nitrogens is 1. The predicted octanol–water partition coefficient (Wildman–Crippen LogP) is 0.983. The largest absolute Gasteiger partial charge is 0.448 e. The van der Waals surface area contributed by atoms with E-state index in [-0.39, 0.29) is 18.1 Å². The van der Waals surface area contributed by atoms with Crippen molar-refractivity contribution >= 4 is 5.91 Å². The molecule has 0 saturated heterocycles. The third-order valence-electron chi connectivity index (χ3n) is 3.83. The lowest BCUT2D eigenvalue weighted by atomic mass is 9.89. The second-order valence-corrected chi connectivity index (χ2v) is 4.94. The summed E-state index contributed by atoms with van der Waals surface area (Å²) in [5.41, 5.74) is 0.300. The molecule has 3 atom stereocenters. The molecule has 1 aromatic heterocycles. The molecule has 0 aromatic carbocycles. The lowest BCUT2D eigenvalue weighted by Gasteiger charge is -2.38. The molecule has 0 spiro atoms. The molecule has 19 heavy (non-hydrogen) atoms. The fraction of sp³-hybridized carbons (Fsp3) is 0.692. The van der Waals surface area contributed by atoms with E-state index < -0.39 is 6.10 Å². The monoisotopic (exact) mass is 268 g/mol. The lowest BCUT2D eigenvalue weighted by Crippen LogP contribution is -2.52. The number of hydrogen-bond donors (Lipinski definition) is 1. The van der Waals surface area contributed by atoms with E-state index in [4.69, 9.17) is 9.15 Å². The van der Waals surface area contributed by atoms with Gasteiger partial charge in [-0.05, 0) is 26.2 Å². The summed E-state index contributed by atoms with van der Waals surface area (Å²) in [5.74, 6) is 0.262. The SMILES string of the molecule is CO[C@@H]1CCC[C@@H](N(C)C(=O)c2ncoc2C)[C@H]1O. The molecule has 1 saturated carbocycles. The highest BCUT2D eigenvalue weighted by atomic mass is 16.5. The fourth-order valence-electron chi connectivity index (χ4n) is 2.63. The van der Waals surface area contributed by atoms with Gasteiger partial charge in [-0.3, -0.25) is 4.79 Å². The van der Waals surface area contributed by atoms with Gasteiger partial charge in [-0.25, -0.2) is 4.98 Å². The Labute approximate surface area is 112 Å². The van der Waals surface area contributed by atoms with Gasteiger partial charge in [0.25, 0.3) is 5.91 Å². The first-order chi connectivity index (χ1) is 9.06. The van der Waals surface area contributed by atoms with E-state index in [1.807, 2.05) is 0 Å². The summed E-state index contributed by atoms with van der Waals surface area (Å²) in [7, 11) is 3.27. The molecule has 1 N–H and O–H groups in total. The minimum atomic E-state index is -0.667. The quantitative estimate of drug-likeness (QED) is 0.884. The Morgan fingerprint density at radius 1 is 1.58 bits per heavy atom. The minimum Gasteiger partial charge on any atom is -0.448 e. The third-order valence-corrected chi connectivity index (χ3v) is 3.83. The number of hydrogen-bond acceptors (Lipinski definition) is 5. The van der Waals surface area contributed by atoms with E-state index >= 15 is 0 Å². The average Bonchev–Trinajstić information content (AvgIpc) is 2.83. The van der Waals surface area contributed by atoms with Crippen molar-refractivity contribution in [3.05, 3.63) is 17.8 Å². The molecule has 0 unspecified atom stereocenters. The van der Waals surface area contributed by atoms with Gasteiger partial charge in [-0.15, -0.1) is 0 Å². The smallest absolute Gasteiger partial charge is 0.276 e. The maximum atomic E-state index is 12.3. The maximum absolute atomic E-state index is 12.3. The minimum absolute atomic E-state index is 0.215. The zero-order chi connectivity index (χ0) is 14.0. The van der Waals surface area contributed by atoms with Crippen molar-refractivity contribution in [1.82, 2.24) is 9.88 Å². The summed E-state index contributed by atoms with van der Waals surface area (Å²) in [4.78, 5) is 17.8. The van der Waals surface area contributed by atoms with Crippen LogP contribution in [0.3, 0.4) is 0 Å². The Morgan fingerprint density at radius 2 is 2.32 bits per heavy atom. The molecular formula is C13H20N2O4. The van der Waals surface area contributed by atoms with Crippen LogP contribution >= 0.6 is 0 Å². The van der Waals surface area contributed by atoms with Crippen molar-refractivity contribution < 1.29 is 19.1 Å². The third kappa shape index (κ3) is 2.64. The summed E-state index contributed by atoms with van der Waals surface area (Å²) in [6, 6.07) is -0.248. The number of aliphatic hydroxyl groups is 1. The van der Waals surface area contributed by atoms with Crippen LogP contribution in [0.4, 0.5) is 0 Å². The molecule has 1 heterocycles. The lowest BCUT2D eigenvalue weighted by molar-refractivity contribution is -0.0715. The molecule has 0 radical (unpaired) electrons. The molecule has 1 fully saturated rings. The normalized spacial score (nSPS) is 27.3. The standard InChI is InChI=1S/C13H20N2O4/c1-8-11(14-7-19-8)13(17)15(2)9-5-4-6-10(18-3)12(9)16/h7,9-10,12,16H,4-6H2,1-3H3/t9-,10-,12-/m1/s1. The zero-order valence-corrected chi connectivity index (χ0v) is 11.5. The highest BCUT2D eigenvalue weighted by Crippen LogP contribution is 2.26. The van der Waals surface area contributed by atoms with Crippen molar-refractivity contribution in [3.63, 3.8) is 0 Å². The van der Waals surface area contributed by atoms with Gasteiger partial charge in [-0.2, -0.15) is 0 Å². The number of carbonyl (C=O) groups excluding carboxylic acids is 1. The summed E-state index contributed by atoms with van der Waals surface area (Å²) in [6.07, 6.45) is 2.88. The van der Waals surface area contributed by atoms with Crippen LogP contribution in [0, 0.1) is 6.92 Å². The number of nitrogens with zero attached hydrogens (tertiary/aromatic N) is 2. The van der Waals surface area contributed by atoms with Crippen molar-refractivity contribution in [1.29, 1.82) is 0 Å². The number of ether oxygens (including phenoxy) is 1. The average molecular weight is 268 g/mol. The molecule has 106 valence electrons. The Balaban J connectivity index is 2.12. The highest BCUT2D eigenvalue weighted by molar-refractivity contribution is 5.93. The number of methoxy groups -OCH3 is 1. The molecule has 1 aliphatic rings. The first-order valence-corrected chi connectivity index (χ1v) is 6.44. The van der Waals surface area contributed by atoms with Gasteiger partial charge in [0.05, 0.1) is 12.1 Å². The van der Waals surface area contributed by atoms with Gasteiger partial charge in [0, 0.05) is 14.2 Å². The molecule has 0 bridgehead atoms. The number of aryl methyl sites for hydroxylation is 1. The van der Waals surface area contributed by atoms with Gasteiger partial charge in [0.1, 0.15) is 11.9 Å². The van der Waals surface area contributed by atoms with Gasteiger partial charge >= 0.3 is 0 Å². The fourth-order valence-corrected chi connectivity index (χ4v) is 2.63. The van der Waals surface area contributed by atoms with E-state index in [0.29, 0.717) is 11.5 Å². The van der Waals surface area contributed by atoms with Gasteiger partial charge < -0.3 is 19.2 Å². The molecule has 1 aromatic rings. The number of aliphatic hydroxyl groups excluding tert-OH is 1. The number of likely N-dealkylation sites (N-methyl/N-ethyl adjacent to an activating group) is 1. The summed E-state index contributed by atoms with van der Waals surface area (Å²) in [5, 5.41) is 10.3. The Kier molecular flexibility index (Phi) is 4.21. The van der Waals surface area contributed by atoms with Crippen molar-refractivity contribution in [2.75, 3.05) is 14.2 Å². The van der Waals surface area contributed by atoms with E-state index in [2.05, 4.69) is 4.98 Å². The van der Waals surface area contributed by atoms with Crippen LogP contribution in [0.15, 0.2) is 10.8 Å². The van der Waals surface area contributed by atoms with Gasteiger partial charge in [0.15, 0.2) is 12.1 Å². The molecule has 1 aliphatic carbocycles. The van der Waals surface area contributed by atoms with Crippen LogP contribution < -0.4 is 0 Å². The molecule has 0 aliphatic heterocycles. The molecule has 6 heteroatoms. The first kappa shape index (κ1) is 14.0. The van der Waals surface area contributed by atoms with E-state index in [9.17, 15) is 9.90 Å². The Morgan fingerprint density at radius 3 is 2.89 bits per heavy atom. The van der Waals surface area contributed by atoms with Crippen LogP contribution in [0.1, 0.15) is 35.5 Å². The Bertz CT molecular complexity index is 446. The first-order valence-electron chi connectivity index (χ1n) is 6.44. The second-order valence-electron chi connectivity index (χ2n) is 4.94. The summed E-state index contributed by atoms with van der Waals surface area (Å²) < 4.78 is 10.3. The van der Waals surface area contributed by atoms with E-state index in [1.54, 1.807) is 26.0 Å². The molecule has 1 amide bonds. The van der Waals surface area contributed by atoms with Crippen LogP contribution in [0.25, 0.3) is 0 Å². The molecular weight excluding hydrogens is 248 g/mol. The second kappa shape index (κ2) is 5.71. The van der Waals surface area contributed by atoms with Gasteiger partial charge in [0.2, 0.25) is 0 Å². The highest BCUT2D eigenvalue weighted by Gasteiger charge is 2.37. The van der Waals surface area contributed by atoms with E-state index in [0.717, 1.165) is 19.3 Å². The summed E-state index contributed by atoms with van der Waals surface area (Å²) in [6.45, 7) is 1.70. The van der Waals surface area contributed by atoms with Crippen molar-refractivity contribution in [2.24, 2.45) is 0 Å². The zero-order valence-electron chi connectivity index (χ0n) is 11.5. The van der Waals surface area contributed by atoms with Crippen LogP contribution in [-0.2, 0) is 4.74 Å². The summed E-state index contributed by atoms with van der Waals surface area (Å²) >= 11 is 0. The van der Waals surface area contributed by atoms with E-state index in [1.165, 1.54) is 6.39 Å². The molecule has 2 rings (SSSR count). The maximum Gasteiger partial charge on any atom is 0.276 e. The van der Waals surface area contributed by atoms with Crippen molar-refractivity contribution in [2.45, 2.75) is 44.4 Å². The number of carbonyl (C=O) groups is 1. The number of oxazole rings is 1. The van der Waals surface area contributed by atoms with Gasteiger partial charge in [-0.1, -0.05) is 0 Å². The van der Waals surface area contributed by atoms with Crippen LogP contribution in [0.5, 0.6) is 0 Å². The number of rotatable bonds is 3. The van der Waals surface area contributed by atoms with Crippen LogP contribution in [-0.4, -0.2) is 53.3 Å². The predicted molar refractivity (Wildman–Crippen MR) is 67.8 cm³/mol. The molecule has 6 nitrogen and oxygen atoms in total. The topological polar surface area (TPSA) is 75.8 Å². The van der Waals surface area contributed by atoms with Crippen LogP contribution in [0.2, 0.25) is 0 Å². The van der Waals surface area contributed by atoms with Crippen molar-refractivity contribution in [3.8, 4) is 0 Å².